The lowest BCUT2D eigenvalue weighted by Gasteiger charge is -2.14. The fourth-order valence-corrected chi connectivity index (χ4v) is 4.41. The standard InChI is InChI=1S/C22H20N6OS2/c1-13(2)14-3-5-15(6-4-14)19-16(11-23)20(25)28-21(17(19)12-24)30-9-7-18(29)27-22-26-8-10-31-22/h3-6,8,10,13H,7,9H2,1-2H3,(H2,25,28)(H,26,27,29). The Hall–Kier alpha value is -3.40. The summed E-state index contributed by atoms with van der Waals surface area (Å²) >= 11 is 2.60. The lowest BCUT2D eigenvalue weighted by Crippen LogP contribution is -2.12. The number of hydrogen-bond donors (Lipinski definition) is 2. The van der Waals surface area contributed by atoms with Crippen LogP contribution in [0.4, 0.5) is 10.9 Å². The number of amides is 1. The van der Waals surface area contributed by atoms with E-state index >= 15 is 0 Å². The quantitative estimate of drug-likeness (QED) is 0.498. The number of nitrogen functional groups attached to an aromatic ring is 1. The second-order valence-corrected chi connectivity index (χ2v) is 8.89. The van der Waals surface area contributed by atoms with Crippen molar-refractivity contribution in [2.24, 2.45) is 0 Å². The van der Waals surface area contributed by atoms with Gasteiger partial charge in [0.1, 0.15) is 28.5 Å². The third-order valence-electron chi connectivity index (χ3n) is 4.53. The van der Waals surface area contributed by atoms with Gasteiger partial charge in [-0.05, 0) is 17.0 Å². The minimum atomic E-state index is -0.174. The van der Waals surface area contributed by atoms with Gasteiger partial charge in [0.05, 0.1) is 5.56 Å². The molecule has 1 aromatic carbocycles. The van der Waals surface area contributed by atoms with Crippen molar-refractivity contribution < 1.29 is 4.79 Å². The van der Waals surface area contributed by atoms with Crippen LogP contribution in [-0.2, 0) is 4.79 Å². The monoisotopic (exact) mass is 448 g/mol. The molecule has 0 unspecified atom stereocenters. The number of nitrogens with zero attached hydrogens (tertiary/aromatic N) is 4. The highest BCUT2D eigenvalue weighted by Gasteiger charge is 2.21. The second kappa shape index (κ2) is 10.1. The Morgan fingerprint density at radius 1 is 1.23 bits per heavy atom. The molecule has 156 valence electrons. The molecule has 2 aromatic heterocycles. The maximum atomic E-state index is 12.1. The Labute approximate surface area is 189 Å². The molecular formula is C22H20N6OS2. The molecule has 31 heavy (non-hydrogen) atoms. The van der Waals surface area contributed by atoms with Crippen molar-refractivity contribution in [2.45, 2.75) is 31.2 Å². The van der Waals surface area contributed by atoms with Crippen LogP contribution in [0.25, 0.3) is 11.1 Å². The number of benzene rings is 1. The summed E-state index contributed by atoms with van der Waals surface area (Å²) in [4.78, 5) is 20.4. The van der Waals surface area contributed by atoms with Gasteiger partial charge < -0.3 is 11.1 Å². The zero-order valence-electron chi connectivity index (χ0n) is 17.0. The van der Waals surface area contributed by atoms with E-state index in [1.807, 2.05) is 24.3 Å². The van der Waals surface area contributed by atoms with E-state index in [1.54, 1.807) is 11.6 Å². The van der Waals surface area contributed by atoms with Crippen molar-refractivity contribution >= 4 is 40.0 Å². The number of carbonyl (C=O) groups excluding carboxylic acids is 1. The molecule has 0 saturated carbocycles. The van der Waals surface area contributed by atoms with E-state index in [1.165, 1.54) is 23.1 Å². The predicted octanol–water partition coefficient (Wildman–Crippen LogP) is 4.77. The van der Waals surface area contributed by atoms with Crippen LogP contribution in [-0.4, -0.2) is 21.6 Å². The lowest BCUT2D eigenvalue weighted by atomic mass is 9.94. The average molecular weight is 449 g/mol. The van der Waals surface area contributed by atoms with Crippen molar-refractivity contribution in [2.75, 3.05) is 16.8 Å². The predicted molar refractivity (Wildman–Crippen MR) is 124 cm³/mol. The Balaban J connectivity index is 1.87. The molecular weight excluding hydrogens is 428 g/mol. The van der Waals surface area contributed by atoms with Crippen LogP contribution in [0.2, 0.25) is 0 Å². The van der Waals surface area contributed by atoms with Gasteiger partial charge in [-0.2, -0.15) is 10.5 Å². The summed E-state index contributed by atoms with van der Waals surface area (Å²) in [5.74, 6) is 0.658. The Morgan fingerprint density at radius 3 is 2.52 bits per heavy atom. The number of thiazole rings is 1. The van der Waals surface area contributed by atoms with E-state index < -0.39 is 0 Å². The molecule has 7 nitrogen and oxygen atoms in total. The Morgan fingerprint density at radius 2 is 1.94 bits per heavy atom. The minimum absolute atomic E-state index is 0.0687. The summed E-state index contributed by atoms with van der Waals surface area (Å²) in [6, 6.07) is 12.0. The fourth-order valence-electron chi connectivity index (χ4n) is 2.93. The number of aromatic nitrogens is 2. The van der Waals surface area contributed by atoms with Crippen LogP contribution >= 0.6 is 23.1 Å². The van der Waals surface area contributed by atoms with Crippen LogP contribution < -0.4 is 11.1 Å². The summed E-state index contributed by atoms with van der Waals surface area (Å²) in [5.41, 5.74) is 8.88. The van der Waals surface area contributed by atoms with Crippen molar-refractivity contribution in [3.8, 4) is 23.3 Å². The number of hydrogen-bond acceptors (Lipinski definition) is 8. The van der Waals surface area contributed by atoms with Gasteiger partial charge >= 0.3 is 0 Å². The van der Waals surface area contributed by atoms with Crippen molar-refractivity contribution in [1.29, 1.82) is 10.5 Å². The van der Waals surface area contributed by atoms with Crippen LogP contribution in [0, 0.1) is 22.7 Å². The van der Waals surface area contributed by atoms with Gasteiger partial charge in [0, 0.05) is 29.3 Å². The zero-order valence-corrected chi connectivity index (χ0v) is 18.7. The lowest BCUT2D eigenvalue weighted by molar-refractivity contribution is -0.115. The average Bonchev–Trinajstić information content (AvgIpc) is 3.26. The van der Waals surface area contributed by atoms with Gasteiger partial charge in [-0.1, -0.05) is 38.1 Å². The molecule has 0 saturated heterocycles. The van der Waals surface area contributed by atoms with E-state index in [9.17, 15) is 15.3 Å². The smallest absolute Gasteiger partial charge is 0.226 e. The fraction of sp³-hybridized carbons (Fsp3) is 0.227. The molecule has 2 heterocycles. The van der Waals surface area contributed by atoms with Crippen LogP contribution in [0.5, 0.6) is 0 Å². The highest BCUT2D eigenvalue weighted by atomic mass is 32.2. The number of rotatable bonds is 7. The summed E-state index contributed by atoms with van der Waals surface area (Å²) in [6.07, 6.45) is 1.84. The molecule has 3 aromatic rings. The second-order valence-electron chi connectivity index (χ2n) is 6.91. The molecule has 0 atom stereocenters. The minimum Gasteiger partial charge on any atom is -0.383 e. The topological polar surface area (TPSA) is 128 Å². The molecule has 3 N–H and O–H groups in total. The van der Waals surface area contributed by atoms with Gasteiger partial charge in [-0.15, -0.1) is 23.1 Å². The third-order valence-corrected chi connectivity index (χ3v) is 6.19. The molecule has 0 bridgehead atoms. The number of nitrogens with one attached hydrogen (secondary N) is 1. The highest BCUT2D eigenvalue weighted by molar-refractivity contribution is 7.99. The van der Waals surface area contributed by atoms with E-state index in [0.29, 0.717) is 27.4 Å². The Kier molecular flexibility index (Phi) is 7.24. The number of thioether (sulfide) groups is 1. The van der Waals surface area contributed by atoms with Gasteiger partial charge in [0.2, 0.25) is 5.91 Å². The van der Waals surface area contributed by atoms with Crippen LogP contribution in [0.1, 0.15) is 42.9 Å². The van der Waals surface area contributed by atoms with Gasteiger partial charge in [-0.3, -0.25) is 4.79 Å². The maximum absolute atomic E-state index is 12.1. The molecule has 0 spiro atoms. The first-order chi connectivity index (χ1) is 14.9. The number of nitrogens with two attached hydrogens (primary N) is 1. The first-order valence-corrected chi connectivity index (χ1v) is 11.4. The van der Waals surface area contributed by atoms with Crippen LogP contribution in [0.15, 0.2) is 40.9 Å². The molecule has 0 fully saturated rings. The summed E-state index contributed by atoms with van der Waals surface area (Å²) in [7, 11) is 0. The summed E-state index contributed by atoms with van der Waals surface area (Å²) < 4.78 is 0. The number of pyridine rings is 1. The Bertz CT molecular complexity index is 1160. The van der Waals surface area contributed by atoms with E-state index in [2.05, 4.69) is 41.3 Å². The first-order valence-electron chi connectivity index (χ1n) is 9.50. The van der Waals surface area contributed by atoms with Crippen molar-refractivity contribution in [3.63, 3.8) is 0 Å². The largest absolute Gasteiger partial charge is 0.383 e. The number of nitriles is 2. The normalized spacial score (nSPS) is 10.5. The third kappa shape index (κ3) is 5.21. The number of carbonyl (C=O) groups is 1. The number of anilines is 2. The van der Waals surface area contributed by atoms with E-state index in [-0.39, 0.29) is 29.3 Å². The van der Waals surface area contributed by atoms with E-state index in [4.69, 9.17) is 5.73 Å². The molecule has 9 heteroatoms. The van der Waals surface area contributed by atoms with E-state index in [0.717, 1.165) is 11.1 Å². The maximum Gasteiger partial charge on any atom is 0.226 e. The van der Waals surface area contributed by atoms with Gasteiger partial charge in [-0.25, -0.2) is 9.97 Å². The molecule has 0 aliphatic heterocycles. The highest BCUT2D eigenvalue weighted by Crippen LogP contribution is 2.36. The summed E-state index contributed by atoms with van der Waals surface area (Å²) in [6.45, 7) is 4.19. The van der Waals surface area contributed by atoms with Crippen molar-refractivity contribution in [1.82, 2.24) is 9.97 Å². The van der Waals surface area contributed by atoms with Gasteiger partial charge in [0.15, 0.2) is 5.13 Å². The molecule has 0 aliphatic carbocycles. The molecule has 3 rings (SSSR count). The SMILES string of the molecule is CC(C)c1ccc(-c2c(C#N)c(N)nc(SCCC(=O)Nc3nccs3)c2C#N)cc1. The first kappa shape index (κ1) is 22.3. The van der Waals surface area contributed by atoms with Gasteiger partial charge in [0.25, 0.3) is 0 Å². The zero-order chi connectivity index (χ0) is 22.4. The molecule has 1 amide bonds. The van der Waals surface area contributed by atoms with Crippen LogP contribution in [0.3, 0.4) is 0 Å². The molecule has 0 radical (unpaired) electrons. The summed E-state index contributed by atoms with van der Waals surface area (Å²) in [5, 5.41) is 24.9. The van der Waals surface area contributed by atoms with Crippen molar-refractivity contribution in [3.05, 3.63) is 52.5 Å². The molecule has 0 aliphatic rings.